The van der Waals surface area contributed by atoms with Crippen LogP contribution in [0.5, 0.6) is 0 Å². The fourth-order valence-electron chi connectivity index (χ4n) is 4.15. The van der Waals surface area contributed by atoms with Crippen LogP contribution in [0.2, 0.25) is 0 Å². The molecule has 3 rings (SSSR count). The van der Waals surface area contributed by atoms with E-state index in [4.69, 9.17) is 12.2 Å². The Hall–Kier alpha value is -1.72. The van der Waals surface area contributed by atoms with Crippen molar-refractivity contribution >= 4 is 40.5 Å². The highest BCUT2D eigenvalue weighted by molar-refractivity contribution is 7.98. The van der Waals surface area contributed by atoms with Crippen molar-refractivity contribution in [3.8, 4) is 0 Å². The first kappa shape index (κ1) is 23.9. The van der Waals surface area contributed by atoms with E-state index in [1.54, 1.807) is 11.8 Å². The monoisotopic (exact) mass is 455 g/mol. The summed E-state index contributed by atoms with van der Waals surface area (Å²) in [4.78, 5) is 6.15. The Morgan fingerprint density at radius 2 is 2.06 bits per heavy atom. The van der Waals surface area contributed by atoms with Gasteiger partial charge in [-0.05, 0) is 86.5 Å². The van der Waals surface area contributed by atoms with E-state index in [2.05, 4.69) is 84.6 Å². The molecule has 3 nitrogen and oxygen atoms in total. The Bertz CT molecular complexity index is 867. The average Bonchev–Trinajstić information content (AvgIpc) is 2.80. The van der Waals surface area contributed by atoms with E-state index in [9.17, 15) is 0 Å². The molecule has 31 heavy (non-hydrogen) atoms. The van der Waals surface area contributed by atoms with Gasteiger partial charge in [0.2, 0.25) is 0 Å². The summed E-state index contributed by atoms with van der Waals surface area (Å²) in [5.41, 5.74) is 5.34. The molecule has 168 valence electrons. The number of thioether (sulfide) groups is 1. The van der Waals surface area contributed by atoms with Crippen LogP contribution in [0.25, 0.3) is 0 Å². The molecule has 1 aliphatic rings. The topological polar surface area (TPSA) is 18.5 Å². The first-order valence-electron chi connectivity index (χ1n) is 11.6. The van der Waals surface area contributed by atoms with Gasteiger partial charge in [-0.2, -0.15) is 0 Å². The van der Waals surface area contributed by atoms with Gasteiger partial charge in [-0.15, -0.1) is 11.8 Å². The first-order chi connectivity index (χ1) is 15.0. The quantitative estimate of drug-likeness (QED) is 0.324. The molecule has 0 saturated carbocycles. The summed E-state index contributed by atoms with van der Waals surface area (Å²) in [6.45, 7) is 9.96. The fourth-order valence-corrected chi connectivity index (χ4v) is 4.97. The molecule has 0 radical (unpaired) electrons. The van der Waals surface area contributed by atoms with E-state index in [0.29, 0.717) is 6.04 Å². The number of hydrogen-bond acceptors (Lipinski definition) is 3. The maximum atomic E-state index is 5.87. The number of thiocarbonyl (C=S) groups is 1. The number of unbranched alkanes of at least 4 members (excludes halogenated alkanes) is 1. The van der Waals surface area contributed by atoms with Crippen LogP contribution < -0.4 is 10.2 Å². The zero-order chi connectivity index (χ0) is 22.2. The van der Waals surface area contributed by atoms with Crippen molar-refractivity contribution in [2.45, 2.75) is 70.4 Å². The lowest BCUT2D eigenvalue weighted by Gasteiger charge is -2.34. The van der Waals surface area contributed by atoms with Crippen LogP contribution >= 0.6 is 24.0 Å². The van der Waals surface area contributed by atoms with Crippen LogP contribution in [0.3, 0.4) is 0 Å². The number of anilines is 2. The third-order valence-corrected chi connectivity index (χ3v) is 7.26. The molecular weight excluding hydrogens is 418 g/mol. The third kappa shape index (κ3) is 6.39. The van der Waals surface area contributed by atoms with Gasteiger partial charge in [0.25, 0.3) is 0 Å². The number of nitrogens with zero attached hydrogens (tertiary/aromatic N) is 2. The Labute approximate surface area is 198 Å². The summed E-state index contributed by atoms with van der Waals surface area (Å²) in [5.74, 6) is 0. The minimum Gasteiger partial charge on any atom is -0.371 e. The molecule has 1 aliphatic heterocycles. The highest BCUT2D eigenvalue weighted by Crippen LogP contribution is 2.29. The van der Waals surface area contributed by atoms with Gasteiger partial charge in [-0.1, -0.05) is 38.5 Å². The highest BCUT2D eigenvalue weighted by Gasteiger charge is 2.20. The second kappa shape index (κ2) is 11.8. The Morgan fingerprint density at radius 1 is 1.23 bits per heavy atom. The van der Waals surface area contributed by atoms with Crippen molar-refractivity contribution in [1.29, 1.82) is 0 Å². The summed E-state index contributed by atoms with van der Waals surface area (Å²) in [6.07, 6.45) is 8.10. The van der Waals surface area contributed by atoms with E-state index in [0.717, 1.165) is 23.8 Å². The third-order valence-electron chi connectivity index (χ3n) is 6.20. The Kier molecular flexibility index (Phi) is 9.09. The van der Waals surface area contributed by atoms with E-state index >= 15 is 0 Å². The predicted molar refractivity (Wildman–Crippen MR) is 142 cm³/mol. The van der Waals surface area contributed by atoms with Gasteiger partial charge >= 0.3 is 0 Å². The molecule has 0 fully saturated rings. The molecule has 0 spiro atoms. The summed E-state index contributed by atoms with van der Waals surface area (Å²) in [7, 11) is 0. The highest BCUT2D eigenvalue weighted by atomic mass is 32.2. The van der Waals surface area contributed by atoms with Gasteiger partial charge in [0, 0.05) is 41.9 Å². The van der Waals surface area contributed by atoms with Gasteiger partial charge in [0.05, 0.1) is 0 Å². The number of fused-ring (bicyclic) bond motifs is 1. The van der Waals surface area contributed by atoms with Crippen molar-refractivity contribution in [1.82, 2.24) is 4.90 Å². The molecule has 0 unspecified atom stereocenters. The number of aryl methyl sites for hydroxylation is 1. The number of benzene rings is 2. The first-order valence-corrected chi connectivity index (χ1v) is 13.3. The summed E-state index contributed by atoms with van der Waals surface area (Å²) in [5, 5.41) is 4.28. The van der Waals surface area contributed by atoms with E-state index in [1.165, 1.54) is 60.5 Å². The van der Waals surface area contributed by atoms with Crippen LogP contribution in [0.1, 0.15) is 57.6 Å². The molecule has 0 aliphatic carbocycles. The van der Waals surface area contributed by atoms with Crippen molar-refractivity contribution in [3.05, 3.63) is 53.6 Å². The average molecular weight is 456 g/mol. The van der Waals surface area contributed by atoms with Crippen LogP contribution in [-0.2, 0) is 13.0 Å². The lowest BCUT2D eigenvalue weighted by atomic mass is 9.98. The van der Waals surface area contributed by atoms with Crippen molar-refractivity contribution in [3.63, 3.8) is 0 Å². The van der Waals surface area contributed by atoms with Gasteiger partial charge in [0.1, 0.15) is 0 Å². The SMILES string of the molecule is CCCCN1CCCc2cc(CN(C(=S)Nc3cccc(SC)c3)[C@@H](C)CC)ccc21. The van der Waals surface area contributed by atoms with Crippen molar-refractivity contribution in [2.24, 2.45) is 0 Å². The van der Waals surface area contributed by atoms with E-state index in [1.807, 2.05) is 0 Å². The molecule has 0 saturated heterocycles. The Balaban J connectivity index is 1.75. The number of rotatable bonds is 9. The van der Waals surface area contributed by atoms with Crippen LogP contribution in [0.4, 0.5) is 11.4 Å². The lowest BCUT2D eigenvalue weighted by molar-refractivity contribution is 0.319. The zero-order valence-electron chi connectivity index (χ0n) is 19.5. The molecule has 0 aromatic heterocycles. The van der Waals surface area contributed by atoms with Crippen LogP contribution in [0.15, 0.2) is 47.4 Å². The molecule has 2 aromatic rings. The molecule has 0 bridgehead atoms. The number of hydrogen-bond donors (Lipinski definition) is 1. The van der Waals surface area contributed by atoms with E-state index in [-0.39, 0.29) is 0 Å². The van der Waals surface area contributed by atoms with Gasteiger partial charge in [-0.3, -0.25) is 0 Å². The van der Waals surface area contributed by atoms with Gasteiger partial charge in [-0.25, -0.2) is 0 Å². The Morgan fingerprint density at radius 3 is 2.81 bits per heavy atom. The lowest BCUT2D eigenvalue weighted by Crippen LogP contribution is -2.40. The molecule has 1 atom stereocenters. The van der Waals surface area contributed by atoms with Crippen LogP contribution in [-0.4, -0.2) is 35.4 Å². The van der Waals surface area contributed by atoms with Crippen molar-refractivity contribution in [2.75, 3.05) is 29.6 Å². The molecule has 0 amide bonds. The molecular formula is C26H37N3S2. The molecule has 1 heterocycles. The normalized spacial score (nSPS) is 14.1. The summed E-state index contributed by atoms with van der Waals surface area (Å²) < 4.78 is 0. The van der Waals surface area contributed by atoms with Gasteiger partial charge in [0.15, 0.2) is 5.11 Å². The summed E-state index contributed by atoms with van der Waals surface area (Å²) >= 11 is 7.61. The standard InChI is InChI=1S/C26H37N3S2/c1-5-7-15-28-16-9-10-22-17-21(13-14-25(22)28)19-29(20(3)6-2)26(30)27-23-11-8-12-24(18-23)31-4/h8,11-14,17-18,20H,5-7,9-10,15-16,19H2,1-4H3,(H,27,30)/t20-/m0/s1. The van der Waals surface area contributed by atoms with E-state index < -0.39 is 0 Å². The molecule has 1 N–H and O–H groups in total. The summed E-state index contributed by atoms with van der Waals surface area (Å²) in [6, 6.07) is 15.9. The number of nitrogens with one attached hydrogen (secondary N) is 1. The molecule has 2 aromatic carbocycles. The zero-order valence-corrected chi connectivity index (χ0v) is 21.1. The maximum absolute atomic E-state index is 5.87. The smallest absolute Gasteiger partial charge is 0.173 e. The minimum absolute atomic E-state index is 0.376. The second-order valence-electron chi connectivity index (χ2n) is 8.45. The second-order valence-corrected chi connectivity index (χ2v) is 9.72. The fraction of sp³-hybridized carbons (Fsp3) is 0.500. The van der Waals surface area contributed by atoms with Crippen molar-refractivity contribution < 1.29 is 0 Å². The van der Waals surface area contributed by atoms with Gasteiger partial charge < -0.3 is 15.1 Å². The largest absolute Gasteiger partial charge is 0.371 e. The predicted octanol–water partition coefficient (Wildman–Crippen LogP) is 6.96. The van der Waals surface area contributed by atoms with Crippen LogP contribution in [0, 0.1) is 0 Å². The maximum Gasteiger partial charge on any atom is 0.173 e. The molecule has 5 heteroatoms. The minimum atomic E-state index is 0.376.